The number of nitrogens with zero attached hydrogens (tertiary/aromatic N) is 1. The number of carbonyl (C=O) groups is 1. The molecule has 1 N–H and O–H groups in total. The first kappa shape index (κ1) is 11.1. The molecule has 2 atom stereocenters. The van der Waals surface area contributed by atoms with Crippen LogP contribution in [0.1, 0.15) is 24.1 Å². The molecule has 0 fully saturated rings. The van der Waals surface area contributed by atoms with Crippen LogP contribution in [0.15, 0.2) is 24.3 Å². The van der Waals surface area contributed by atoms with Crippen molar-refractivity contribution in [3.63, 3.8) is 0 Å². The summed E-state index contributed by atoms with van der Waals surface area (Å²) in [5.41, 5.74) is 2.53. The lowest BCUT2D eigenvalue weighted by atomic mass is 9.98. The van der Waals surface area contributed by atoms with Crippen LogP contribution < -0.4 is 5.32 Å². The number of amides is 1. The summed E-state index contributed by atoms with van der Waals surface area (Å²) in [4.78, 5) is 13.9. The molecule has 0 saturated carbocycles. The number of benzene rings is 1. The van der Waals surface area contributed by atoms with E-state index in [9.17, 15) is 4.79 Å². The largest absolute Gasteiger partial charge is 0.338 e. The van der Waals surface area contributed by atoms with E-state index in [2.05, 4.69) is 24.4 Å². The molecule has 1 aliphatic rings. The highest BCUT2D eigenvalue weighted by molar-refractivity contribution is 5.83. The molecule has 0 aliphatic carbocycles. The van der Waals surface area contributed by atoms with Gasteiger partial charge in [0.15, 0.2) is 0 Å². The van der Waals surface area contributed by atoms with Crippen molar-refractivity contribution in [1.29, 1.82) is 0 Å². The van der Waals surface area contributed by atoms with Gasteiger partial charge in [-0.1, -0.05) is 24.3 Å². The second-order valence-electron chi connectivity index (χ2n) is 4.37. The predicted octanol–water partition coefficient (Wildman–Crippen LogP) is 1.35. The van der Waals surface area contributed by atoms with E-state index in [1.54, 1.807) is 0 Å². The van der Waals surface area contributed by atoms with E-state index in [1.165, 1.54) is 11.1 Å². The summed E-state index contributed by atoms with van der Waals surface area (Å²) < 4.78 is 0. The lowest BCUT2D eigenvalue weighted by Crippen LogP contribution is -2.43. The number of hydrogen-bond donors (Lipinski definition) is 1. The number of nitrogens with one attached hydrogen (secondary N) is 1. The van der Waals surface area contributed by atoms with Crippen molar-refractivity contribution in [1.82, 2.24) is 10.2 Å². The molecular weight excluding hydrogens is 200 g/mol. The average Bonchev–Trinajstić information content (AvgIpc) is 2.41. The minimum atomic E-state index is -0.101. The molecule has 0 radical (unpaired) electrons. The van der Waals surface area contributed by atoms with Crippen LogP contribution in [0.25, 0.3) is 0 Å². The summed E-state index contributed by atoms with van der Waals surface area (Å²) in [5, 5.41) is 3.09. The number of rotatable bonds is 1. The van der Waals surface area contributed by atoms with Crippen molar-refractivity contribution in [2.24, 2.45) is 0 Å². The molecule has 1 aliphatic heterocycles. The van der Waals surface area contributed by atoms with Gasteiger partial charge in [-0.15, -0.1) is 0 Å². The van der Waals surface area contributed by atoms with Crippen LogP contribution in [0.2, 0.25) is 0 Å². The maximum atomic E-state index is 12.1. The third-order valence-electron chi connectivity index (χ3n) is 3.50. The molecule has 2 unspecified atom stereocenters. The highest BCUT2D eigenvalue weighted by atomic mass is 16.2. The summed E-state index contributed by atoms with van der Waals surface area (Å²) in [7, 11) is 3.72. The Morgan fingerprint density at radius 2 is 2.06 bits per heavy atom. The SMILES string of the molecule is CNC1Cc2ccccc2C(C)N(C)C1=O. The third-order valence-corrected chi connectivity index (χ3v) is 3.50. The second-order valence-corrected chi connectivity index (χ2v) is 4.37. The zero-order valence-electron chi connectivity index (χ0n) is 10.0. The van der Waals surface area contributed by atoms with E-state index in [-0.39, 0.29) is 18.0 Å². The van der Waals surface area contributed by atoms with Crippen molar-refractivity contribution >= 4 is 5.91 Å². The molecule has 3 nitrogen and oxygen atoms in total. The van der Waals surface area contributed by atoms with E-state index in [0.29, 0.717) is 0 Å². The molecule has 1 aromatic rings. The van der Waals surface area contributed by atoms with Crippen LogP contribution >= 0.6 is 0 Å². The molecule has 16 heavy (non-hydrogen) atoms. The fraction of sp³-hybridized carbons (Fsp3) is 0.462. The Balaban J connectivity index is 2.46. The van der Waals surface area contributed by atoms with Gasteiger partial charge in [-0.05, 0) is 31.5 Å². The first-order chi connectivity index (χ1) is 7.65. The molecule has 0 spiro atoms. The van der Waals surface area contributed by atoms with Crippen molar-refractivity contribution in [3.8, 4) is 0 Å². The summed E-state index contributed by atoms with van der Waals surface area (Å²) in [6.45, 7) is 2.08. The van der Waals surface area contributed by atoms with Crippen LogP contribution in [0.4, 0.5) is 0 Å². The highest BCUT2D eigenvalue weighted by Crippen LogP contribution is 2.27. The molecule has 0 aromatic heterocycles. The molecule has 0 bridgehead atoms. The summed E-state index contributed by atoms with van der Waals surface area (Å²) in [5.74, 6) is 0.172. The normalized spacial score (nSPS) is 25.2. The van der Waals surface area contributed by atoms with Gasteiger partial charge in [0.1, 0.15) is 0 Å². The Kier molecular flexibility index (Phi) is 2.97. The quantitative estimate of drug-likeness (QED) is 0.771. The first-order valence-corrected chi connectivity index (χ1v) is 5.67. The topological polar surface area (TPSA) is 32.3 Å². The van der Waals surface area contributed by atoms with Gasteiger partial charge in [0.25, 0.3) is 0 Å². The highest BCUT2D eigenvalue weighted by Gasteiger charge is 2.30. The third kappa shape index (κ3) is 1.71. The maximum absolute atomic E-state index is 12.1. The number of likely N-dealkylation sites (N-methyl/N-ethyl adjacent to an activating group) is 2. The van der Waals surface area contributed by atoms with E-state index in [0.717, 1.165) is 6.42 Å². The van der Waals surface area contributed by atoms with Crippen LogP contribution in [0, 0.1) is 0 Å². The van der Waals surface area contributed by atoms with Gasteiger partial charge in [0, 0.05) is 7.05 Å². The van der Waals surface area contributed by atoms with Crippen LogP contribution in [0.3, 0.4) is 0 Å². The molecule has 1 aromatic carbocycles. The molecule has 3 heteroatoms. The standard InChI is InChI=1S/C13H18N2O/c1-9-11-7-5-4-6-10(11)8-12(14-2)13(16)15(9)3/h4-7,9,12,14H,8H2,1-3H3. The number of hydrogen-bond acceptors (Lipinski definition) is 2. The Labute approximate surface area is 96.5 Å². The van der Waals surface area contributed by atoms with E-state index in [4.69, 9.17) is 0 Å². The smallest absolute Gasteiger partial charge is 0.240 e. The zero-order valence-corrected chi connectivity index (χ0v) is 10.0. The monoisotopic (exact) mass is 218 g/mol. The maximum Gasteiger partial charge on any atom is 0.240 e. The number of carbonyl (C=O) groups excluding carboxylic acids is 1. The van der Waals surface area contributed by atoms with Crippen molar-refractivity contribution in [3.05, 3.63) is 35.4 Å². The zero-order chi connectivity index (χ0) is 11.7. The minimum absolute atomic E-state index is 0.101. The van der Waals surface area contributed by atoms with Crippen molar-refractivity contribution < 1.29 is 4.79 Å². The molecule has 1 amide bonds. The van der Waals surface area contributed by atoms with Gasteiger partial charge < -0.3 is 10.2 Å². The van der Waals surface area contributed by atoms with Gasteiger partial charge in [-0.2, -0.15) is 0 Å². The van der Waals surface area contributed by atoms with E-state index >= 15 is 0 Å². The van der Waals surface area contributed by atoms with Gasteiger partial charge in [-0.25, -0.2) is 0 Å². The second kappa shape index (κ2) is 4.26. The Hall–Kier alpha value is -1.35. The Morgan fingerprint density at radius 3 is 2.75 bits per heavy atom. The van der Waals surface area contributed by atoms with Crippen molar-refractivity contribution in [2.75, 3.05) is 14.1 Å². The van der Waals surface area contributed by atoms with Gasteiger partial charge in [-0.3, -0.25) is 4.79 Å². The molecule has 86 valence electrons. The van der Waals surface area contributed by atoms with Crippen molar-refractivity contribution in [2.45, 2.75) is 25.4 Å². The first-order valence-electron chi connectivity index (χ1n) is 5.67. The molecule has 0 saturated heterocycles. The van der Waals surface area contributed by atoms with Gasteiger partial charge in [0.05, 0.1) is 12.1 Å². The minimum Gasteiger partial charge on any atom is -0.338 e. The molecule has 2 rings (SSSR count). The van der Waals surface area contributed by atoms with E-state index in [1.807, 2.05) is 31.1 Å². The van der Waals surface area contributed by atoms with Crippen LogP contribution in [0.5, 0.6) is 0 Å². The van der Waals surface area contributed by atoms with E-state index < -0.39 is 0 Å². The van der Waals surface area contributed by atoms with Crippen LogP contribution in [-0.4, -0.2) is 30.9 Å². The lowest BCUT2D eigenvalue weighted by molar-refractivity contribution is -0.133. The predicted molar refractivity (Wildman–Crippen MR) is 64.2 cm³/mol. The number of fused-ring (bicyclic) bond motifs is 1. The fourth-order valence-electron chi connectivity index (χ4n) is 2.31. The fourth-order valence-corrected chi connectivity index (χ4v) is 2.31. The molecular formula is C13H18N2O. The summed E-state index contributed by atoms with van der Waals surface area (Å²) >= 11 is 0. The van der Waals surface area contributed by atoms with Crippen LogP contribution in [-0.2, 0) is 11.2 Å². The average molecular weight is 218 g/mol. The van der Waals surface area contributed by atoms with Gasteiger partial charge in [0.2, 0.25) is 5.91 Å². The Bertz CT molecular complexity index is 399. The summed E-state index contributed by atoms with van der Waals surface area (Å²) in [6, 6.07) is 8.35. The lowest BCUT2D eigenvalue weighted by Gasteiger charge is -2.25. The summed E-state index contributed by atoms with van der Waals surface area (Å²) in [6.07, 6.45) is 0.778. The Morgan fingerprint density at radius 1 is 1.38 bits per heavy atom. The molecule has 1 heterocycles. The van der Waals surface area contributed by atoms with Gasteiger partial charge >= 0.3 is 0 Å².